The Bertz CT molecular complexity index is 923. The lowest BCUT2D eigenvalue weighted by Crippen LogP contribution is -1.98. The largest absolute Gasteiger partial charge is 0.0654 e. The lowest BCUT2D eigenvalue weighted by atomic mass is 9.91. The molecule has 0 heteroatoms. The van der Waals surface area contributed by atoms with E-state index in [1.54, 1.807) is 0 Å². The van der Waals surface area contributed by atoms with Crippen molar-refractivity contribution in [1.82, 2.24) is 0 Å². The molecule has 0 radical (unpaired) electrons. The Labute approximate surface area is 208 Å². The van der Waals surface area contributed by atoms with E-state index in [1.165, 1.54) is 84.7 Å². The van der Waals surface area contributed by atoms with Gasteiger partial charge in [0.25, 0.3) is 0 Å². The zero-order valence-electron chi connectivity index (χ0n) is 21.3. The number of benzene rings is 3. The molecule has 0 amide bonds. The van der Waals surface area contributed by atoms with E-state index in [2.05, 4.69) is 111 Å². The SMILES string of the molecule is CCCCCCc1cc(/C=C/c2ccccc2)c(CCCCCC)cc1/C=C/c1ccccc1. The molecule has 0 aliphatic heterocycles. The predicted octanol–water partition coefficient (Wildman–Crippen LogP) is 10.3. The molecule has 3 aromatic carbocycles. The molecule has 34 heavy (non-hydrogen) atoms. The van der Waals surface area contributed by atoms with Gasteiger partial charge in [0, 0.05) is 0 Å². The fourth-order valence-electron chi connectivity index (χ4n) is 4.46. The molecule has 0 spiro atoms. The first-order chi connectivity index (χ1) is 16.8. The van der Waals surface area contributed by atoms with E-state index in [4.69, 9.17) is 0 Å². The maximum absolute atomic E-state index is 2.48. The van der Waals surface area contributed by atoms with Crippen LogP contribution in [0.2, 0.25) is 0 Å². The molecule has 0 aliphatic carbocycles. The third-order valence-electron chi connectivity index (χ3n) is 6.51. The van der Waals surface area contributed by atoms with Crippen LogP contribution in [0.1, 0.15) is 98.6 Å². The average Bonchev–Trinajstić information content (AvgIpc) is 2.88. The topological polar surface area (TPSA) is 0 Å². The summed E-state index contributed by atoms with van der Waals surface area (Å²) in [6.07, 6.45) is 21.9. The monoisotopic (exact) mass is 450 g/mol. The van der Waals surface area contributed by atoms with Crippen molar-refractivity contribution in [1.29, 1.82) is 0 Å². The van der Waals surface area contributed by atoms with Crippen LogP contribution in [0, 0.1) is 0 Å². The van der Waals surface area contributed by atoms with Crippen molar-refractivity contribution < 1.29 is 0 Å². The van der Waals surface area contributed by atoms with Crippen LogP contribution >= 0.6 is 0 Å². The molecule has 0 bridgehead atoms. The summed E-state index contributed by atoms with van der Waals surface area (Å²) in [5.74, 6) is 0. The van der Waals surface area contributed by atoms with Crippen LogP contribution in [0.5, 0.6) is 0 Å². The molecule has 0 fully saturated rings. The van der Waals surface area contributed by atoms with Crippen LogP contribution in [0.4, 0.5) is 0 Å². The molecule has 0 heterocycles. The van der Waals surface area contributed by atoms with Gasteiger partial charge in [-0.1, -0.05) is 149 Å². The molecule has 0 aromatic heterocycles. The van der Waals surface area contributed by atoms with Gasteiger partial charge in [0.1, 0.15) is 0 Å². The zero-order valence-corrected chi connectivity index (χ0v) is 21.3. The van der Waals surface area contributed by atoms with Gasteiger partial charge in [-0.15, -0.1) is 0 Å². The van der Waals surface area contributed by atoms with Crippen LogP contribution in [-0.2, 0) is 12.8 Å². The summed E-state index contributed by atoms with van der Waals surface area (Å²) in [5.41, 5.74) is 8.26. The van der Waals surface area contributed by atoms with Crippen molar-refractivity contribution in [2.24, 2.45) is 0 Å². The lowest BCUT2D eigenvalue weighted by molar-refractivity contribution is 0.663. The Hall–Kier alpha value is -2.86. The highest BCUT2D eigenvalue weighted by Crippen LogP contribution is 2.25. The van der Waals surface area contributed by atoms with Crippen molar-refractivity contribution in [2.75, 3.05) is 0 Å². The van der Waals surface area contributed by atoms with E-state index >= 15 is 0 Å². The summed E-state index contributed by atoms with van der Waals surface area (Å²) >= 11 is 0. The molecule has 0 N–H and O–H groups in total. The Morgan fingerprint density at radius 2 is 0.882 bits per heavy atom. The van der Waals surface area contributed by atoms with Gasteiger partial charge in [-0.2, -0.15) is 0 Å². The molecule has 0 aliphatic rings. The maximum atomic E-state index is 2.48. The molecule has 0 unspecified atom stereocenters. The van der Waals surface area contributed by atoms with Crippen molar-refractivity contribution in [3.8, 4) is 0 Å². The van der Waals surface area contributed by atoms with Crippen molar-refractivity contribution >= 4 is 24.3 Å². The molecule has 0 atom stereocenters. The summed E-state index contributed by atoms with van der Waals surface area (Å²) in [5, 5.41) is 0. The van der Waals surface area contributed by atoms with E-state index in [0.717, 1.165) is 12.8 Å². The first kappa shape index (κ1) is 25.8. The number of hydrogen-bond donors (Lipinski definition) is 0. The average molecular weight is 451 g/mol. The summed E-state index contributed by atoms with van der Waals surface area (Å²) in [6, 6.07) is 26.3. The van der Waals surface area contributed by atoms with Gasteiger partial charge in [0.15, 0.2) is 0 Å². The fraction of sp³-hybridized carbons (Fsp3) is 0.353. The highest BCUT2D eigenvalue weighted by Gasteiger charge is 2.08. The van der Waals surface area contributed by atoms with E-state index in [-0.39, 0.29) is 0 Å². The second-order valence-corrected chi connectivity index (χ2v) is 9.36. The number of rotatable bonds is 14. The number of unbranched alkanes of at least 4 members (excludes halogenated alkanes) is 6. The minimum atomic E-state index is 1.15. The zero-order chi connectivity index (χ0) is 23.8. The summed E-state index contributed by atoms with van der Waals surface area (Å²) in [4.78, 5) is 0. The smallest absolute Gasteiger partial charge is 0.0221 e. The Morgan fingerprint density at radius 1 is 0.471 bits per heavy atom. The summed E-state index contributed by atoms with van der Waals surface area (Å²) in [6.45, 7) is 4.57. The molecule has 0 saturated heterocycles. The van der Waals surface area contributed by atoms with E-state index < -0.39 is 0 Å². The Morgan fingerprint density at radius 3 is 1.26 bits per heavy atom. The Balaban J connectivity index is 1.93. The summed E-state index contributed by atoms with van der Waals surface area (Å²) < 4.78 is 0. The molecule has 0 saturated carbocycles. The van der Waals surface area contributed by atoms with Crippen LogP contribution < -0.4 is 0 Å². The van der Waals surface area contributed by atoms with Gasteiger partial charge in [0.2, 0.25) is 0 Å². The number of hydrogen-bond acceptors (Lipinski definition) is 0. The normalized spacial score (nSPS) is 11.6. The minimum absolute atomic E-state index is 1.15. The molecule has 178 valence electrons. The first-order valence-electron chi connectivity index (χ1n) is 13.4. The van der Waals surface area contributed by atoms with Gasteiger partial charge in [0.05, 0.1) is 0 Å². The van der Waals surface area contributed by atoms with E-state index in [1.807, 2.05) is 0 Å². The highest BCUT2D eigenvalue weighted by atomic mass is 14.1. The van der Waals surface area contributed by atoms with Crippen LogP contribution in [0.15, 0.2) is 72.8 Å². The van der Waals surface area contributed by atoms with Crippen molar-refractivity contribution in [2.45, 2.75) is 78.1 Å². The third-order valence-corrected chi connectivity index (χ3v) is 6.51. The maximum Gasteiger partial charge on any atom is -0.0221 e. The second-order valence-electron chi connectivity index (χ2n) is 9.36. The van der Waals surface area contributed by atoms with Crippen molar-refractivity contribution in [3.05, 3.63) is 106 Å². The lowest BCUT2D eigenvalue weighted by Gasteiger charge is -2.14. The molecular weight excluding hydrogens is 408 g/mol. The van der Waals surface area contributed by atoms with Crippen LogP contribution in [0.25, 0.3) is 24.3 Å². The van der Waals surface area contributed by atoms with E-state index in [0.29, 0.717) is 0 Å². The quantitative estimate of drug-likeness (QED) is 0.169. The second kappa shape index (κ2) is 15.1. The van der Waals surface area contributed by atoms with Gasteiger partial charge >= 0.3 is 0 Å². The molecule has 0 nitrogen and oxygen atoms in total. The molecular formula is C34H42. The van der Waals surface area contributed by atoms with Gasteiger partial charge in [-0.3, -0.25) is 0 Å². The van der Waals surface area contributed by atoms with Crippen molar-refractivity contribution in [3.63, 3.8) is 0 Å². The Kier molecular flexibility index (Phi) is 11.5. The summed E-state index contributed by atoms with van der Waals surface area (Å²) in [7, 11) is 0. The minimum Gasteiger partial charge on any atom is -0.0654 e. The van der Waals surface area contributed by atoms with Gasteiger partial charge in [-0.25, -0.2) is 0 Å². The third kappa shape index (κ3) is 8.82. The van der Waals surface area contributed by atoms with Crippen LogP contribution in [0.3, 0.4) is 0 Å². The predicted molar refractivity (Wildman–Crippen MR) is 153 cm³/mol. The standard InChI is InChI=1S/C34H42/c1-3-5-7-15-21-31-27-34(26-24-30-19-13-10-14-20-30)32(22-16-8-6-4-2)28-33(31)25-23-29-17-11-9-12-18-29/h9-14,17-20,23-28H,3-8,15-16,21-22H2,1-2H3/b25-23+,26-24+. The van der Waals surface area contributed by atoms with Crippen LogP contribution in [-0.4, -0.2) is 0 Å². The van der Waals surface area contributed by atoms with E-state index in [9.17, 15) is 0 Å². The molecule has 3 rings (SSSR count). The van der Waals surface area contributed by atoms with Gasteiger partial charge in [-0.05, 0) is 59.1 Å². The fourth-order valence-corrected chi connectivity index (χ4v) is 4.46. The molecule has 3 aromatic rings. The number of aryl methyl sites for hydroxylation is 2. The highest BCUT2D eigenvalue weighted by molar-refractivity contribution is 5.76. The van der Waals surface area contributed by atoms with Gasteiger partial charge < -0.3 is 0 Å². The first-order valence-corrected chi connectivity index (χ1v) is 13.4.